The second-order valence-electron chi connectivity index (χ2n) is 13.3. The van der Waals surface area contributed by atoms with Gasteiger partial charge in [-0.2, -0.15) is 0 Å². The monoisotopic (exact) mass is 679 g/mol. The van der Waals surface area contributed by atoms with E-state index in [9.17, 15) is 0 Å². The van der Waals surface area contributed by atoms with Crippen LogP contribution in [-0.2, 0) is 0 Å². The third-order valence-electron chi connectivity index (χ3n) is 10.2. The van der Waals surface area contributed by atoms with Crippen molar-refractivity contribution in [2.24, 2.45) is 0 Å². The zero-order valence-electron chi connectivity index (χ0n) is 28.4. The Kier molecular flexibility index (Phi) is 7.41. The van der Waals surface area contributed by atoms with Gasteiger partial charge < -0.3 is 4.90 Å². The van der Waals surface area contributed by atoms with Crippen molar-refractivity contribution in [1.82, 2.24) is 0 Å². The fourth-order valence-electron chi connectivity index (χ4n) is 7.72. The highest BCUT2D eigenvalue weighted by Gasteiger charge is 2.21. The van der Waals surface area contributed by atoms with Crippen LogP contribution < -0.4 is 4.90 Å². The van der Waals surface area contributed by atoms with Gasteiger partial charge in [-0.15, -0.1) is 11.3 Å². The van der Waals surface area contributed by atoms with Crippen LogP contribution in [0.2, 0.25) is 0 Å². The summed E-state index contributed by atoms with van der Waals surface area (Å²) in [4.78, 5) is 2.45. The van der Waals surface area contributed by atoms with Crippen molar-refractivity contribution in [2.45, 2.75) is 0 Å². The summed E-state index contributed by atoms with van der Waals surface area (Å²) in [6.45, 7) is 0. The first-order chi connectivity index (χ1) is 25.8. The van der Waals surface area contributed by atoms with Crippen molar-refractivity contribution in [3.05, 3.63) is 200 Å². The molecule has 0 spiro atoms. The lowest BCUT2D eigenvalue weighted by Gasteiger charge is -2.27. The van der Waals surface area contributed by atoms with Crippen LogP contribution in [0.25, 0.3) is 75.1 Å². The lowest BCUT2D eigenvalue weighted by atomic mass is 9.98. The normalized spacial score (nSPS) is 11.5. The first kappa shape index (κ1) is 30.4. The number of fused-ring (bicyclic) bond motifs is 6. The Bertz CT molecular complexity index is 2890. The highest BCUT2D eigenvalue weighted by atomic mass is 32.1. The minimum Gasteiger partial charge on any atom is -0.310 e. The maximum absolute atomic E-state index is 2.45. The van der Waals surface area contributed by atoms with Crippen molar-refractivity contribution in [3.63, 3.8) is 0 Å². The van der Waals surface area contributed by atoms with Crippen molar-refractivity contribution in [1.29, 1.82) is 0 Å². The molecular weight excluding hydrogens is 647 g/mol. The van der Waals surface area contributed by atoms with Gasteiger partial charge in [-0.3, -0.25) is 0 Å². The first-order valence-electron chi connectivity index (χ1n) is 17.8. The summed E-state index contributed by atoms with van der Waals surface area (Å²) in [5.41, 5.74) is 10.8. The van der Waals surface area contributed by atoms with Crippen molar-refractivity contribution < 1.29 is 0 Å². The average molecular weight is 680 g/mol. The van der Waals surface area contributed by atoms with E-state index in [1.165, 1.54) is 80.8 Å². The maximum atomic E-state index is 2.45. The summed E-state index contributed by atoms with van der Waals surface area (Å²) < 4.78 is 2.59. The van der Waals surface area contributed by atoms with Crippen molar-refractivity contribution in [3.8, 4) is 33.4 Å². The van der Waals surface area contributed by atoms with Gasteiger partial charge >= 0.3 is 0 Å². The van der Waals surface area contributed by atoms with Gasteiger partial charge in [0.25, 0.3) is 0 Å². The van der Waals surface area contributed by atoms with Gasteiger partial charge in [0.15, 0.2) is 0 Å². The fraction of sp³-hybridized carbons (Fsp3) is 0. The molecule has 0 saturated carbocycles. The molecule has 0 amide bonds. The minimum atomic E-state index is 1.12. The maximum Gasteiger partial charge on any atom is 0.0555 e. The first-order valence-corrected chi connectivity index (χ1v) is 18.6. The van der Waals surface area contributed by atoms with Crippen LogP contribution >= 0.6 is 11.3 Å². The zero-order chi connectivity index (χ0) is 34.4. The average Bonchev–Trinajstić information content (AvgIpc) is 3.62. The van der Waals surface area contributed by atoms with Gasteiger partial charge in [-0.1, -0.05) is 158 Å². The van der Waals surface area contributed by atoms with Gasteiger partial charge in [0.05, 0.1) is 5.69 Å². The van der Waals surface area contributed by atoms with Crippen LogP contribution in [0.15, 0.2) is 200 Å². The molecule has 0 saturated heterocycles. The fourth-order valence-corrected chi connectivity index (χ4v) is 8.98. The molecule has 2 heteroatoms. The molecule has 0 N–H and O–H groups in total. The van der Waals surface area contributed by atoms with E-state index < -0.39 is 0 Å². The molecule has 1 heterocycles. The molecule has 52 heavy (non-hydrogen) atoms. The molecule has 0 unspecified atom stereocenters. The van der Waals surface area contributed by atoms with E-state index in [0.717, 1.165) is 11.4 Å². The van der Waals surface area contributed by atoms with Gasteiger partial charge in [-0.25, -0.2) is 0 Å². The van der Waals surface area contributed by atoms with Crippen LogP contribution in [0.1, 0.15) is 0 Å². The molecule has 10 aromatic rings. The Balaban J connectivity index is 1.18. The quantitative estimate of drug-likeness (QED) is 0.158. The number of thiophene rings is 1. The Labute approximate surface area is 307 Å². The predicted molar refractivity (Wildman–Crippen MR) is 225 cm³/mol. The van der Waals surface area contributed by atoms with Crippen molar-refractivity contribution in [2.75, 3.05) is 4.90 Å². The third kappa shape index (κ3) is 5.24. The molecule has 0 radical (unpaired) electrons. The summed E-state index contributed by atoms with van der Waals surface area (Å²) in [6.07, 6.45) is 0. The Hall–Kier alpha value is -6.48. The summed E-state index contributed by atoms with van der Waals surface area (Å²) >= 11 is 1.88. The molecule has 0 aliphatic heterocycles. The second-order valence-corrected chi connectivity index (χ2v) is 14.4. The molecular formula is C50H33NS. The van der Waals surface area contributed by atoms with Crippen LogP contribution in [0, 0.1) is 0 Å². The van der Waals surface area contributed by atoms with E-state index in [0.29, 0.717) is 0 Å². The molecule has 0 aliphatic rings. The lowest BCUT2D eigenvalue weighted by molar-refractivity contribution is 1.31. The molecule has 9 aromatic carbocycles. The van der Waals surface area contributed by atoms with E-state index in [-0.39, 0.29) is 0 Å². The minimum absolute atomic E-state index is 1.12. The standard InChI is InChI=1S/C50H33NS/c1-3-12-34(13-4-1)38-17-11-18-39(32-38)35-24-26-41(27-25-35)51(42-28-29-44-40(33-42)23-22-37-16-7-8-19-43(37)44)47-31-30-45(36-14-5-2-6-15-36)50-49(47)46-20-9-10-21-48(46)52-50/h1-33H. The SMILES string of the molecule is c1ccc(-c2cccc(-c3ccc(N(c4ccc5c(ccc6ccccc65)c4)c4ccc(-c5ccccc5)c5sc6ccccc6c45)cc3)c2)cc1. The van der Waals surface area contributed by atoms with Gasteiger partial charge in [-0.05, 0) is 97.4 Å². The van der Waals surface area contributed by atoms with Crippen LogP contribution in [-0.4, -0.2) is 0 Å². The number of hydrogen-bond donors (Lipinski definition) is 0. The smallest absolute Gasteiger partial charge is 0.0555 e. The second kappa shape index (κ2) is 12.7. The molecule has 244 valence electrons. The van der Waals surface area contributed by atoms with Crippen molar-refractivity contribution >= 4 is 70.1 Å². The Morgan fingerprint density at radius 1 is 0.346 bits per heavy atom. The summed E-state index contributed by atoms with van der Waals surface area (Å²) in [6, 6.07) is 72.9. The molecule has 0 atom stereocenters. The highest BCUT2D eigenvalue weighted by Crippen LogP contribution is 2.48. The molecule has 0 bridgehead atoms. The van der Waals surface area contributed by atoms with E-state index in [1.807, 2.05) is 11.3 Å². The molecule has 0 fully saturated rings. The molecule has 1 aromatic heterocycles. The van der Waals surface area contributed by atoms with E-state index in [1.54, 1.807) is 0 Å². The van der Waals surface area contributed by atoms with Crippen LogP contribution in [0.4, 0.5) is 17.1 Å². The molecule has 0 aliphatic carbocycles. The van der Waals surface area contributed by atoms with Crippen LogP contribution in [0.3, 0.4) is 0 Å². The largest absolute Gasteiger partial charge is 0.310 e. The summed E-state index contributed by atoms with van der Waals surface area (Å²) in [5, 5.41) is 7.58. The lowest BCUT2D eigenvalue weighted by Crippen LogP contribution is -2.10. The third-order valence-corrected chi connectivity index (χ3v) is 11.4. The van der Waals surface area contributed by atoms with E-state index in [2.05, 4.69) is 205 Å². The number of nitrogens with zero attached hydrogens (tertiary/aromatic N) is 1. The summed E-state index contributed by atoms with van der Waals surface area (Å²) in [5.74, 6) is 0. The topological polar surface area (TPSA) is 3.24 Å². The van der Waals surface area contributed by atoms with Crippen LogP contribution in [0.5, 0.6) is 0 Å². The number of hydrogen-bond acceptors (Lipinski definition) is 2. The van der Waals surface area contributed by atoms with Gasteiger partial charge in [0.1, 0.15) is 0 Å². The van der Waals surface area contributed by atoms with Gasteiger partial charge in [0, 0.05) is 31.5 Å². The number of anilines is 3. The zero-order valence-corrected chi connectivity index (χ0v) is 29.2. The number of rotatable bonds is 6. The predicted octanol–water partition coefficient (Wildman–Crippen LogP) is 14.8. The number of benzene rings is 9. The Morgan fingerprint density at radius 2 is 0.942 bits per heavy atom. The molecule has 1 nitrogen and oxygen atoms in total. The van der Waals surface area contributed by atoms with Gasteiger partial charge in [0.2, 0.25) is 0 Å². The summed E-state index contributed by atoms with van der Waals surface area (Å²) in [7, 11) is 0. The van der Waals surface area contributed by atoms with E-state index >= 15 is 0 Å². The Morgan fingerprint density at radius 3 is 1.73 bits per heavy atom. The highest BCUT2D eigenvalue weighted by molar-refractivity contribution is 7.26. The molecule has 10 rings (SSSR count). The van der Waals surface area contributed by atoms with E-state index in [4.69, 9.17) is 0 Å².